The summed E-state index contributed by atoms with van der Waals surface area (Å²) < 4.78 is 7.26. The van der Waals surface area contributed by atoms with Gasteiger partial charge in [-0.25, -0.2) is 4.98 Å². The van der Waals surface area contributed by atoms with Crippen molar-refractivity contribution in [1.29, 1.82) is 0 Å². The van der Waals surface area contributed by atoms with Gasteiger partial charge in [0.1, 0.15) is 0 Å². The quantitative estimate of drug-likeness (QED) is 0.0977. The van der Waals surface area contributed by atoms with Gasteiger partial charge < -0.3 is 9.52 Å². The molecule has 0 amide bonds. The Morgan fingerprint density at radius 2 is 1.68 bits per heavy atom. The molecule has 7 heteroatoms. The molecule has 1 radical (unpaired) electrons. The molecule has 0 spiro atoms. The summed E-state index contributed by atoms with van der Waals surface area (Å²) >= 11 is 1.76. The van der Waals surface area contributed by atoms with E-state index in [-0.39, 0.29) is 43.5 Å². The molecule has 5 nitrogen and oxygen atoms in total. The van der Waals surface area contributed by atoms with Gasteiger partial charge in [0.15, 0.2) is 5.78 Å². The van der Waals surface area contributed by atoms with E-state index in [1.165, 1.54) is 15.7 Å². The number of rotatable bonds is 8. The number of aryl methyl sites for hydroxylation is 2. The van der Waals surface area contributed by atoms with Crippen molar-refractivity contribution >= 4 is 49.4 Å². The minimum absolute atomic E-state index is 0. The largest absolute Gasteiger partial charge is 0.512 e. The molecule has 4 aromatic heterocycles. The number of benzene rings is 1. The number of ketones is 1. The number of thiophene rings is 1. The number of aromatic nitrogens is 2. The van der Waals surface area contributed by atoms with E-state index < -0.39 is 0 Å². The van der Waals surface area contributed by atoms with E-state index in [9.17, 15) is 9.90 Å². The smallest absolute Gasteiger partial charge is 0.216 e. The first-order valence-corrected chi connectivity index (χ1v) is 14.6. The number of carbonyl (C=O) groups is 1. The van der Waals surface area contributed by atoms with Crippen LogP contribution < -0.4 is 0 Å². The fourth-order valence-corrected chi connectivity index (χ4v) is 5.73. The van der Waals surface area contributed by atoms with Crippen molar-refractivity contribution < 1.29 is 34.4 Å². The first kappa shape index (κ1) is 31.7. The summed E-state index contributed by atoms with van der Waals surface area (Å²) in [7, 11) is 0. The van der Waals surface area contributed by atoms with Crippen LogP contribution >= 0.6 is 11.3 Å². The number of aliphatic hydroxyl groups is 1. The minimum atomic E-state index is 0. The Hall–Kier alpha value is -2.86. The minimum Gasteiger partial charge on any atom is -0.512 e. The number of carbonyl (C=O) groups excluding carboxylic acids is 1. The van der Waals surface area contributed by atoms with E-state index >= 15 is 0 Å². The molecule has 0 unspecified atom stereocenters. The topological polar surface area (TPSA) is 76.2 Å². The molecule has 0 aliphatic carbocycles. The fourth-order valence-electron chi connectivity index (χ4n) is 4.87. The van der Waals surface area contributed by atoms with E-state index in [0.29, 0.717) is 5.71 Å². The number of nitrogens with zero attached hydrogens (tertiary/aromatic N) is 2. The summed E-state index contributed by atoms with van der Waals surface area (Å²) in [5.41, 5.74) is 5.18. The maximum absolute atomic E-state index is 11.7. The van der Waals surface area contributed by atoms with Gasteiger partial charge in [0.2, 0.25) is 5.71 Å². The van der Waals surface area contributed by atoms with Gasteiger partial charge in [0, 0.05) is 54.0 Å². The maximum atomic E-state index is 11.7. The molecule has 0 aliphatic heterocycles. The average molecular weight is 734 g/mol. The van der Waals surface area contributed by atoms with Crippen LogP contribution in [-0.4, -0.2) is 20.9 Å². The number of fused-ring (bicyclic) bond motifs is 4. The summed E-state index contributed by atoms with van der Waals surface area (Å²) in [5, 5.41) is 11.8. The summed E-state index contributed by atoms with van der Waals surface area (Å²) in [6.45, 7) is 12.1. The van der Waals surface area contributed by atoms with Crippen LogP contribution in [0.4, 0.5) is 0 Å². The summed E-state index contributed by atoms with van der Waals surface area (Å²) in [6, 6.07) is 17.6. The molecule has 0 bridgehead atoms. The van der Waals surface area contributed by atoms with E-state index in [0.717, 1.165) is 64.5 Å². The Morgan fingerprint density at radius 3 is 2.35 bits per heavy atom. The molecule has 5 aromatic rings. The Labute approximate surface area is 254 Å². The molecule has 1 N–H and O–H groups in total. The fraction of sp³-hybridized carbons (Fsp3) is 0.364. The zero-order valence-corrected chi connectivity index (χ0v) is 27.2. The summed E-state index contributed by atoms with van der Waals surface area (Å²) in [5.74, 6) is 0.547. The van der Waals surface area contributed by atoms with Crippen LogP contribution in [0.3, 0.4) is 0 Å². The predicted molar refractivity (Wildman–Crippen MR) is 162 cm³/mol. The first-order valence-electron chi connectivity index (χ1n) is 13.8. The molecule has 4 heterocycles. The Kier molecular flexibility index (Phi) is 11.2. The van der Waals surface area contributed by atoms with Gasteiger partial charge in [-0.3, -0.25) is 9.78 Å². The second-order valence-corrected chi connectivity index (χ2v) is 11.2. The van der Waals surface area contributed by atoms with Gasteiger partial charge in [-0.2, -0.15) is 0 Å². The number of allylic oxidation sites excluding steroid dienone is 2. The van der Waals surface area contributed by atoms with E-state index in [2.05, 4.69) is 36.2 Å². The predicted octanol–water partition coefficient (Wildman–Crippen LogP) is 9.54. The molecule has 1 aromatic carbocycles. The van der Waals surface area contributed by atoms with Gasteiger partial charge in [-0.15, -0.1) is 29.5 Å². The van der Waals surface area contributed by atoms with Crippen molar-refractivity contribution in [3.05, 3.63) is 70.9 Å². The summed E-state index contributed by atoms with van der Waals surface area (Å²) in [6.07, 6.45) is 4.91. The monoisotopic (exact) mass is 734 g/mol. The van der Waals surface area contributed by atoms with Crippen LogP contribution in [-0.2, 0) is 24.9 Å². The molecule has 0 saturated heterocycles. The van der Waals surface area contributed by atoms with Crippen LogP contribution in [0.25, 0.3) is 43.5 Å². The van der Waals surface area contributed by atoms with E-state index in [4.69, 9.17) is 9.40 Å². The summed E-state index contributed by atoms with van der Waals surface area (Å²) in [4.78, 5) is 22.3. The third-order valence-electron chi connectivity index (χ3n) is 7.27. The zero-order valence-electron chi connectivity index (χ0n) is 24.0. The van der Waals surface area contributed by atoms with Crippen molar-refractivity contribution in [1.82, 2.24) is 9.97 Å². The van der Waals surface area contributed by atoms with Gasteiger partial charge in [0.25, 0.3) is 0 Å². The van der Waals surface area contributed by atoms with E-state index in [1.54, 1.807) is 11.3 Å². The van der Waals surface area contributed by atoms with Gasteiger partial charge >= 0.3 is 0 Å². The number of aliphatic hydroxyl groups excluding tert-OH is 1. The Balaban J connectivity index is 0.000000243. The molecule has 0 fully saturated rings. The third-order valence-corrected chi connectivity index (χ3v) is 8.28. The van der Waals surface area contributed by atoms with Crippen molar-refractivity contribution in [3.63, 3.8) is 0 Å². The second-order valence-electron chi connectivity index (χ2n) is 9.94. The molecule has 213 valence electrons. The molecule has 5 rings (SSSR count). The third kappa shape index (κ3) is 6.88. The molecule has 0 atom stereocenters. The van der Waals surface area contributed by atoms with Crippen LogP contribution in [0, 0.1) is 31.7 Å². The SMILES string of the molecule is CCC(CC)C(=O)/C=C(\O)C(CC)CC.Cc1ccc2c(n1)oc1c(-c3ccc4sc(C)cc4n3)[c-]ccc12.[Ir]. The first-order chi connectivity index (χ1) is 18.8. The molecule has 40 heavy (non-hydrogen) atoms. The number of pyridine rings is 2. The van der Waals surface area contributed by atoms with Crippen LogP contribution in [0.15, 0.2) is 58.7 Å². The van der Waals surface area contributed by atoms with Gasteiger partial charge in [-0.05, 0) is 69.5 Å². The Morgan fingerprint density at radius 1 is 0.975 bits per heavy atom. The van der Waals surface area contributed by atoms with Crippen molar-refractivity contribution in [3.8, 4) is 11.3 Å². The van der Waals surface area contributed by atoms with Gasteiger partial charge in [-0.1, -0.05) is 44.7 Å². The number of hydrogen-bond donors (Lipinski definition) is 1. The van der Waals surface area contributed by atoms with Crippen LogP contribution in [0.1, 0.15) is 63.9 Å². The second kappa shape index (κ2) is 14.2. The van der Waals surface area contributed by atoms with E-state index in [1.807, 2.05) is 58.9 Å². The van der Waals surface area contributed by atoms with Crippen molar-refractivity contribution in [2.45, 2.75) is 67.2 Å². The zero-order chi connectivity index (χ0) is 28.1. The standard InChI is InChI=1S/C20H13N2OS.C13H24O2.Ir/c1-11-6-7-14-13-4-3-5-15(19(13)23-20(14)21-11)16-8-9-18-17(22-16)10-12(2)24-18;1-5-10(6-2)12(14)9-13(15)11(7-3)8-4;/h3-4,6-10H,1-2H3;9-11,14H,5-8H2,1-4H3;/q-1;;/b;12-9-;. The van der Waals surface area contributed by atoms with Gasteiger partial charge in [0.05, 0.1) is 21.6 Å². The molecule has 0 aliphatic rings. The molecular formula is C33H37IrN2O3S-. The molecule has 0 saturated carbocycles. The van der Waals surface area contributed by atoms with Crippen LogP contribution in [0.2, 0.25) is 0 Å². The van der Waals surface area contributed by atoms with Crippen LogP contribution in [0.5, 0.6) is 0 Å². The Bertz CT molecular complexity index is 1630. The van der Waals surface area contributed by atoms with Crippen molar-refractivity contribution in [2.75, 3.05) is 0 Å². The molecular weight excluding hydrogens is 697 g/mol. The number of hydrogen-bond acceptors (Lipinski definition) is 6. The average Bonchev–Trinajstić information content (AvgIpc) is 3.48. The van der Waals surface area contributed by atoms with Crippen molar-refractivity contribution in [2.24, 2.45) is 11.8 Å². The number of furan rings is 1. The maximum Gasteiger partial charge on any atom is 0.216 e. The normalized spacial score (nSPS) is 11.8.